The normalized spacial score (nSPS) is 20.0. The minimum absolute atomic E-state index is 0.189. The van der Waals surface area contributed by atoms with E-state index in [0.29, 0.717) is 30.5 Å². The molecule has 1 aromatic carbocycles. The number of amides is 2. The highest BCUT2D eigenvalue weighted by molar-refractivity contribution is 9.10. The molecule has 1 N–H and O–H groups in total. The van der Waals surface area contributed by atoms with Gasteiger partial charge < -0.3 is 15.0 Å². The molecule has 0 saturated carbocycles. The lowest BCUT2D eigenvalue weighted by Crippen LogP contribution is -2.44. The molecule has 1 fully saturated rings. The minimum atomic E-state index is -0.628. The highest BCUT2D eigenvalue weighted by Gasteiger charge is 2.25. The summed E-state index contributed by atoms with van der Waals surface area (Å²) in [7, 11) is 0. The zero-order valence-electron chi connectivity index (χ0n) is 14.5. The van der Waals surface area contributed by atoms with Crippen LogP contribution in [0.2, 0.25) is 0 Å². The molecule has 2 rings (SSSR count). The number of ether oxygens (including phenoxy) is 1. The maximum absolute atomic E-state index is 12.1. The summed E-state index contributed by atoms with van der Waals surface area (Å²) in [5, 5.41) is 2.48. The Bertz CT molecular complexity index is 622. The van der Waals surface area contributed by atoms with Crippen LogP contribution in [0.3, 0.4) is 0 Å². The van der Waals surface area contributed by atoms with Gasteiger partial charge in [-0.05, 0) is 42.5 Å². The van der Waals surface area contributed by atoms with Gasteiger partial charge in [0, 0.05) is 23.1 Å². The predicted molar refractivity (Wildman–Crippen MR) is 97.0 cm³/mol. The van der Waals surface area contributed by atoms with E-state index in [-0.39, 0.29) is 25.0 Å². The molecule has 2 unspecified atom stereocenters. The molecule has 2 amide bonds. The molecular formula is C18H23BrN2O4. The molecule has 6 nitrogen and oxygen atoms in total. The van der Waals surface area contributed by atoms with Crippen LogP contribution >= 0.6 is 15.9 Å². The van der Waals surface area contributed by atoms with Crippen LogP contribution in [0.4, 0.5) is 0 Å². The first-order chi connectivity index (χ1) is 11.8. The number of nitrogens with zero attached hydrogens (tertiary/aromatic N) is 1. The Labute approximate surface area is 156 Å². The average molecular weight is 411 g/mol. The van der Waals surface area contributed by atoms with Crippen molar-refractivity contribution in [1.82, 2.24) is 10.2 Å². The quantitative estimate of drug-likeness (QED) is 0.755. The van der Waals surface area contributed by atoms with Crippen molar-refractivity contribution >= 4 is 33.7 Å². The fourth-order valence-electron chi connectivity index (χ4n) is 3.01. The molecule has 0 bridgehead atoms. The Kier molecular flexibility index (Phi) is 6.99. The Morgan fingerprint density at radius 1 is 1.16 bits per heavy atom. The first kappa shape index (κ1) is 19.4. The van der Waals surface area contributed by atoms with Gasteiger partial charge in [0.15, 0.2) is 6.61 Å². The van der Waals surface area contributed by atoms with E-state index in [2.05, 4.69) is 35.1 Å². The van der Waals surface area contributed by atoms with Crippen molar-refractivity contribution in [2.24, 2.45) is 11.8 Å². The van der Waals surface area contributed by atoms with Gasteiger partial charge in [-0.25, -0.2) is 0 Å². The smallest absolute Gasteiger partial charge is 0.325 e. The molecule has 0 spiro atoms. The van der Waals surface area contributed by atoms with E-state index in [1.807, 2.05) is 0 Å². The molecule has 1 aliphatic rings. The largest absolute Gasteiger partial charge is 0.454 e. The first-order valence-electron chi connectivity index (χ1n) is 8.32. The van der Waals surface area contributed by atoms with Crippen LogP contribution in [0, 0.1) is 11.8 Å². The number of esters is 1. The first-order valence-corrected chi connectivity index (χ1v) is 9.11. The van der Waals surface area contributed by atoms with Crippen molar-refractivity contribution in [3.05, 3.63) is 34.3 Å². The lowest BCUT2D eigenvalue weighted by atomic mass is 9.92. The summed E-state index contributed by atoms with van der Waals surface area (Å²) in [5.41, 5.74) is 0.448. The molecule has 25 heavy (non-hydrogen) atoms. The number of hydrogen-bond acceptors (Lipinski definition) is 4. The number of piperidine rings is 1. The number of hydrogen-bond donors (Lipinski definition) is 1. The summed E-state index contributed by atoms with van der Waals surface area (Å²) in [6.45, 7) is 5.06. The van der Waals surface area contributed by atoms with Crippen LogP contribution in [0.5, 0.6) is 0 Å². The van der Waals surface area contributed by atoms with Crippen LogP contribution in [-0.2, 0) is 14.3 Å². The zero-order chi connectivity index (χ0) is 18.4. The number of rotatable bonds is 5. The molecule has 1 aliphatic heterocycles. The number of likely N-dealkylation sites (tertiary alicyclic amines) is 1. The second kappa shape index (κ2) is 8.99. The van der Waals surface area contributed by atoms with Crippen molar-refractivity contribution in [3.63, 3.8) is 0 Å². The van der Waals surface area contributed by atoms with Gasteiger partial charge in [-0.1, -0.05) is 29.8 Å². The van der Waals surface area contributed by atoms with Crippen LogP contribution in [0.25, 0.3) is 0 Å². The summed E-state index contributed by atoms with van der Waals surface area (Å²) in [6, 6.07) is 6.78. The van der Waals surface area contributed by atoms with E-state index in [0.717, 1.165) is 10.9 Å². The van der Waals surface area contributed by atoms with Gasteiger partial charge in [0.05, 0.1) is 0 Å². The topological polar surface area (TPSA) is 75.7 Å². The predicted octanol–water partition coefficient (Wildman–Crippen LogP) is 2.23. The molecule has 0 radical (unpaired) electrons. The second-order valence-electron chi connectivity index (χ2n) is 6.60. The van der Waals surface area contributed by atoms with Gasteiger partial charge in [-0.2, -0.15) is 0 Å². The molecule has 1 saturated heterocycles. The maximum Gasteiger partial charge on any atom is 0.325 e. The third-order valence-corrected chi connectivity index (χ3v) is 4.61. The van der Waals surface area contributed by atoms with Crippen LogP contribution in [0.15, 0.2) is 28.7 Å². The summed E-state index contributed by atoms with van der Waals surface area (Å²) < 4.78 is 5.84. The van der Waals surface area contributed by atoms with Crippen molar-refractivity contribution < 1.29 is 19.1 Å². The minimum Gasteiger partial charge on any atom is -0.454 e. The fraction of sp³-hybridized carbons (Fsp3) is 0.500. The Morgan fingerprint density at radius 3 is 2.36 bits per heavy atom. The molecular weight excluding hydrogens is 388 g/mol. The van der Waals surface area contributed by atoms with Crippen molar-refractivity contribution in [3.8, 4) is 0 Å². The highest BCUT2D eigenvalue weighted by Crippen LogP contribution is 2.20. The number of halogens is 1. The molecule has 136 valence electrons. The third kappa shape index (κ3) is 6.16. The molecule has 1 heterocycles. The van der Waals surface area contributed by atoms with E-state index in [1.165, 1.54) is 0 Å². The fourth-order valence-corrected chi connectivity index (χ4v) is 3.27. The van der Waals surface area contributed by atoms with Gasteiger partial charge in [-0.15, -0.1) is 0 Å². The van der Waals surface area contributed by atoms with E-state index in [4.69, 9.17) is 4.74 Å². The van der Waals surface area contributed by atoms with E-state index < -0.39 is 5.97 Å². The Hall–Kier alpha value is -1.89. The molecule has 0 aromatic heterocycles. The number of carbonyl (C=O) groups excluding carboxylic acids is 3. The lowest BCUT2D eigenvalue weighted by Gasteiger charge is -2.34. The average Bonchev–Trinajstić information content (AvgIpc) is 2.57. The monoisotopic (exact) mass is 410 g/mol. The van der Waals surface area contributed by atoms with Crippen LogP contribution in [-0.4, -0.2) is 48.9 Å². The number of carbonyl (C=O) groups is 3. The van der Waals surface area contributed by atoms with E-state index >= 15 is 0 Å². The summed E-state index contributed by atoms with van der Waals surface area (Å²) in [4.78, 5) is 37.5. The number of nitrogens with one attached hydrogen (secondary N) is 1. The van der Waals surface area contributed by atoms with Crippen LogP contribution < -0.4 is 5.32 Å². The van der Waals surface area contributed by atoms with E-state index in [9.17, 15) is 14.4 Å². The Morgan fingerprint density at radius 2 is 1.76 bits per heavy atom. The SMILES string of the molecule is CC1CC(C)CN(C(=O)COC(=O)CNC(=O)c2ccc(Br)cc2)C1. The van der Waals surface area contributed by atoms with Crippen molar-refractivity contribution in [1.29, 1.82) is 0 Å². The summed E-state index contributed by atoms with van der Waals surface area (Å²) in [5.74, 6) is -0.278. The molecule has 2 atom stereocenters. The standard InChI is InChI=1S/C18H23BrN2O4/c1-12-7-13(2)10-21(9-12)16(22)11-25-17(23)8-20-18(24)14-3-5-15(19)6-4-14/h3-6,12-13H,7-11H2,1-2H3,(H,20,24). The summed E-state index contributed by atoms with van der Waals surface area (Å²) >= 11 is 3.29. The maximum atomic E-state index is 12.1. The lowest BCUT2D eigenvalue weighted by molar-refractivity contribution is -0.152. The molecule has 1 aromatic rings. The van der Waals surface area contributed by atoms with Crippen molar-refractivity contribution in [2.45, 2.75) is 20.3 Å². The number of benzene rings is 1. The zero-order valence-corrected chi connectivity index (χ0v) is 16.0. The second-order valence-corrected chi connectivity index (χ2v) is 7.51. The summed E-state index contributed by atoms with van der Waals surface area (Å²) in [6.07, 6.45) is 1.10. The van der Waals surface area contributed by atoms with E-state index in [1.54, 1.807) is 29.2 Å². The van der Waals surface area contributed by atoms with Gasteiger partial charge in [-0.3, -0.25) is 14.4 Å². The Balaban J connectivity index is 1.72. The van der Waals surface area contributed by atoms with Gasteiger partial charge in [0.2, 0.25) is 0 Å². The van der Waals surface area contributed by atoms with Crippen molar-refractivity contribution in [2.75, 3.05) is 26.2 Å². The third-order valence-electron chi connectivity index (χ3n) is 4.08. The molecule has 0 aliphatic carbocycles. The highest BCUT2D eigenvalue weighted by atomic mass is 79.9. The van der Waals surface area contributed by atoms with Gasteiger partial charge in [0.1, 0.15) is 6.54 Å². The molecule has 7 heteroatoms. The van der Waals surface area contributed by atoms with Gasteiger partial charge in [0.25, 0.3) is 11.8 Å². The van der Waals surface area contributed by atoms with Crippen LogP contribution in [0.1, 0.15) is 30.6 Å². The van der Waals surface area contributed by atoms with Gasteiger partial charge >= 0.3 is 5.97 Å².